The molecule has 0 saturated heterocycles. The SMILES string of the molecule is [NH]C(=O)C(Cc1ccccc1)c1ccccc1. The summed E-state index contributed by atoms with van der Waals surface area (Å²) in [5.41, 5.74) is 9.38. The number of nitrogens with one attached hydrogen (secondary N) is 1. The molecule has 1 N–H and O–H groups in total. The summed E-state index contributed by atoms with van der Waals surface area (Å²) in [7, 11) is 0. The predicted octanol–water partition coefficient (Wildman–Crippen LogP) is 2.82. The molecule has 0 aliphatic carbocycles. The highest BCUT2D eigenvalue weighted by Crippen LogP contribution is 2.20. The summed E-state index contributed by atoms with van der Waals surface area (Å²) in [6.45, 7) is 0. The standard InChI is InChI=1S/C15H14NO/c16-15(17)14(13-9-5-2-6-10-13)11-12-7-3-1-4-8-12/h1-10,14,16H,11H2. The Morgan fingerprint density at radius 2 is 1.47 bits per heavy atom. The largest absolute Gasteiger partial charge is 0.273 e. The van der Waals surface area contributed by atoms with Gasteiger partial charge in [-0.25, -0.2) is 0 Å². The maximum Gasteiger partial charge on any atom is 0.246 e. The zero-order valence-electron chi connectivity index (χ0n) is 9.47. The van der Waals surface area contributed by atoms with Crippen LogP contribution in [0.4, 0.5) is 0 Å². The average Bonchev–Trinajstić information content (AvgIpc) is 2.38. The number of benzene rings is 2. The Kier molecular flexibility index (Phi) is 3.55. The van der Waals surface area contributed by atoms with Crippen molar-refractivity contribution >= 4 is 5.91 Å². The van der Waals surface area contributed by atoms with Crippen molar-refractivity contribution < 1.29 is 4.79 Å². The minimum Gasteiger partial charge on any atom is -0.273 e. The van der Waals surface area contributed by atoms with Crippen molar-refractivity contribution in [3.63, 3.8) is 0 Å². The molecule has 0 aliphatic rings. The van der Waals surface area contributed by atoms with Gasteiger partial charge in [-0.05, 0) is 17.5 Å². The van der Waals surface area contributed by atoms with Crippen molar-refractivity contribution in [1.29, 1.82) is 0 Å². The van der Waals surface area contributed by atoms with Crippen LogP contribution in [0.15, 0.2) is 60.7 Å². The smallest absolute Gasteiger partial charge is 0.246 e. The molecule has 0 spiro atoms. The average molecular weight is 224 g/mol. The Hall–Kier alpha value is -2.09. The van der Waals surface area contributed by atoms with E-state index in [0.29, 0.717) is 6.42 Å². The first-order valence-electron chi connectivity index (χ1n) is 5.61. The van der Waals surface area contributed by atoms with Crippen molar-refractivity contribution in [2.45, 2.75) is 12.3 Å². The second-order valence-electron chi connectivity index (χ2n) is 4.02. The van der Waals surface area contributed by atoms with Gasteiger partial charge in [0.25, 0.3) is 0 Å². The molecule has 1 amide bonds. The Morgan fingerprint density at radius 1 is 0.941 bits per heavy atom. The number of hydrogen-bond acceptors (Lipinski definition) is 1. The van der Waals surface area contributed by atoms with Gasteiger partial charge in [0.15, 0.2) is 0 Å². The molecule has 17 heavy (non-hydrogen) atoms. The van der Waals surface area contributed by atoms with E-state index in [4.69, 9.17) is 5.73 Å². The summed E-state index contributed by atoms with van der Waals surface area (Å²) in [5.74, 6) is -0.890. The fourth-order valence-corrected chi connectivity index (χ4v) is 1.90. The molecule has 0 aromatic heterocycles. The Morgan fingerprint density at radius 3 is 2.00 bits per heavy atom. The van der Waals surface area contributed by atoms with Crippen LogP contribution in [-0.2, 0) is 11.2 Å². The predicted molar refractivity (Wildman–Crippen MR) is 67.4 cm³/mol. The van der Waals surface area contributed by atoms with Gasteiger partial charge < -0.3 is 0 Å². The van der Waals surface area contributed by atoms with Crippen LogP contribution >= 0.6 is 0 Å². The second kappa shape index (κ2) is 5.30. The van der Waals surface area contributed by atoms with E-state index in [-0.39, 0.29) is 5.92 Å². The first kappa shape index (κ1) is 11.4. The van der Waals surface area contributed by atoms with Crippen molar-refractivity contribution in [1.82, 2.24) is 5.73 Å². The Balaban J connectivity index is 2.23. The van der Waals surface area contributed by atoms with Gasteiger partial charge in [-0.3, -0.25) is 10.5 Å². The van der Waals surface area contributed by atoms with Crippen LogP contribution in [0.2, 0.25) is 0 Å². The van der Waals surface area contributed by atoms with Crippen LogP contribution in [-0.4, -0.2) is 5.91 Å². The fraction of sp³-hybridized carbons (Fsp3) is 0.133. The molecule has 2 nitrogen and oxygen atoms in total. The lowest BCUT2D eigenvalue weighted by Crippen LogP contribution is -2.15. The highest BCUT2D eigenvalue weighted by Gasteiger charge is 2.18. The Labute approximate surface area is 101 Å². The molecule has 0 aliphatic heterocycles. The van der Waals surface area contributed by atoms with Crippen LogP contribution < -0.4 is 5.73 Å². The van der Waals surface area contributed by atoms with Gasteiger partial charge in [0.05, 0.1) is 5.92 Å². The van der Waals surface area contributed by atoms with E-state index in [0.717, 1.165) is 11.1 Å². The molecule has 2 aromatic carbocycles. The number of amides is 1. The van der Waals surface area contributed by atoms with E-state index < -0.39 is 5.91 Å². The first-order valence-corrected chi connectivity index (χ1v) is 5.61. The monoisotopic (exact) mass is 224 g/mol. The molecule has 85 valence electrons. The fourth-order valence-electron chi connectivity index (χ4n) is 1.90. The normalized spacial score (nSPS) is 12.0. The van der Waals surface area contributed by atoms with Crippen molar-refractivity contribution in [3.8, 4) is 0 Å². The zero-order chi connectivity index (χ0) is 12.1. The lowest BCUT2D eigenvalue weighted by atomic mass is 9.91. The minimum absolute atomic E-state index is 0.362. The van der Waals surface area contributed by atoms with Crippen LogP contribution in [0.25, 0.3) is 0 Å². The number of carbonyl (C=O) groups excluding carboxylic acids is 1. The van der Waals surface area contributed by atoms with Gasteiger partial charge in [0, 0.05) is 0 Å². The van der Waals surface area contributed by atoms with Gasteiger partial charge >= 0.3 is 0 Å². The maximum atomic E-state index is 11.4. The van der Waals surface area contributed by atoms with Crippen LogP contribution in [0, 0.1) is 0 Å². The van der Waals surface area contributed by atoms with E-state index in [1.165, 1.54) is 0 Å². The summed E-state index contributed by atoms with van der Waals surface area (Å²) < 4.78 is 0. The minimum atomic E-state index is -0.528. The van der Waals surface area contributed by atoms with Gasteiger partial charge in [0.2, 0.25) is 5.91 Å². The molecular formula is C15H14NO. The molecule has 0 bridgehead atoms. The van der Waals surface area contributed by atoms with E-state index >= 15 is 0 Å². The van der Waals surface area contributed by atoms with Gasteiger partial charge in [0.1, 0.15) is 0 Å². The molecule has 1 atom stereocenters. The highest BCUT2D eigenvalue weighted by molar-refractivity contribution is 5.81. The van der Waals surface area contributed by atoms with Gasteiger partial charge in [-0.1, -0.05) is 60.7 Å². The van der Waals surface area contributed by atoms with Crippen molar-refractivity contribution in [3.05, 3.63) is 71.8 Å². The lowest BCUT2D eigenvalue weighted by molar-refractivity contribution is -0.120. The second-order valence-corrected chi connectivity index (χ2v) is 4.02. The van der Waals surface area contributed by atoms with E-state index in [2.05, 4.69) is 0 Å². The third-order valence-electron chi connectivity index (χ3n) is 2.80. The number of rotatable bonds is 4. The highest BCUT2D eigenvalue weighted by atomic mass is 16.1. The molecule has 2 rings (SSSR count). The van der Waals surface area contributed by atoms with Crippen molar-refractivity contribution in [2.75, 3.05) is 0 Å². The summed E-state index contributed by atoms with van der Waals surface area (Å²) in [6.07, 6.45) is 0.590. The molecule has 0 saturated carbocycles. The number of hydrogen-bond donors (Lipinski definition) is 0. The van der Waals surface area contributed by atoms with Crippen LogP contribution in [0.3, 0.4) is 0 Å². The summed E-state index contributed by atoms with van der Waals surface area (Å²) >= 11 is 0. The summed E-state index contributed by atoms with van der Waals surface area (Å²) in [4.78, 5) is 11.4. The topological polar surface area (TPSA) is 40.9 Å². The third kappa shape index (κ3) is 2.94. The van der Waals surface area contributed by atoms with Crippen LogP contribution in [0.1, 0.15) is 17.0 Å². The quantitative estimate of drug-likeness (QED) is 0.787. The maximum absolute atomic E-state index is 11.4. The summed E-state index contributed by atoms with van der Waals surface area (Å²) in [6, 6.07) is 19.3. The third-order valence-corrected chi connectivity index (χ3v) is 2.80. The molecule has 1 radical (unpaired) electrons. The van der Waals surface area contributed by atoms with E-state index in [1.54, 1.807) is 0 Å². The van der Waals surface area contributed by atoms with Gasteiger partial charge in [-0.15, -0.1) is 0 Å². The molecular weight excluding hydrogens is 210 g/mol. The number of carbonyl (C=O) groups is 1. The first-order chi connectivity index (χ1) is 8.27. The van der Waals surface area contributed by atoms with Crippen molar-refractivity contribution in [2.24, 2.45) is 0 Å². The zero-order valence-corrected chi connectivity index (χ0v) is 9.47. The molecule has 2 aromatic rings. The van der Waals surface area contributed by atoms with E-state index in [1.807, 2.05) is 60.7 Å². The molecule has 0 fully saturated rings. The summed E-state index contributed by atoms with van der Waals surface area (Å²) in [5, 5.41) is 0. The van der Waals surface area contributed by atoms with E-state index in [9.17, 15) is 4.79 Å². The Bertz CT molecular complexity index is 479. The lowest BCUT2D eigenvalue weighted by Gasteiger charge is -2.13. The molecule has 1 unspecified atom stereocenters. The van der Waals surface area contributed by atoms with Gasteiger partial charge in [-0.2, -0.15) is 0 Å². The molecule has 2 heteroatoms. The van der Waals surface area contributed by atoms with Crippen LogP contribution in [0.5, 0.6) is 0 Å². The molecule has 0 heterocycles.